The molecule has 5 rings (SSSR count). The topological polar surface area (TPSA) is 75.6 Å². The van der Waals surface area contributed by atoms with E-state index in [0.29, 0.717) is 24.0 Å². The molecule has 0 bridgehead atoms. The highest BCUT2D eigenvalue weighted by Gasteiger charge is 2.39. The van der Waals surface area contributed by atoms with Crippen LogP contribution in [0.15, 0.2) is 77.3 Å². The number of nitrogens with one attached hydrogen (secondary N) is 1. The first kappa shape index (κ1) is 23.0. The fourth-order valence-corrected chi connectivity index (χ4v) is 6.49. The Morgan fingerprint density at radius 3 is 2.50 bits per heavy atom. The largest absolute Gasteiger partial charge is 0.507 e. The lowest BCUT2D eigenvalue weighted by Crippen LogP contribution is -2.20. The van der Waals surface area contributed by atoms with Gasteiger partial charge in [0.25, 0.3) is 0 Å². The van der Waals surface area contributed by atoms with Crippen LogP contribution in [0.4, 0.5) is 5.69 Å². The number of aliphatic hydroxyl groups is 1. The minimum absolute atomic E-state index is 0.0399. The zero-order valence-corrected chi connectivity index (χ0v) is 20.3. The van der Waals surface area contributed by atoms with Crippen LogP contribution in [0.3, 0.4) is 0 Å². The van der Waals surface area contributed by atoms with E-state index in [4.69, 9.17) is 4.74 Å². The molecule has 1 saturated carbocycles. The smallest absolute Gasteiger partial charge is 0.236 e. The molecule has 0 radical (unpaired) electrons. The zero-order valence-electron chi connectivity index (χ0n) is 19.5. The fraction of sp³-hybridized carbons (Fsp3) is 0.429. The molecular formula is C28H33NO4S. The summed E-state index contributed by atoms with van der Waals surface area (Å²) in [6, 6.07) is 16.8. The average molecular weight is 480 g/mol. The Kier molecular flexibility index (Phi) is 6.68. The predicted molar refractivity (Wildman–Crippen MR) is 135 cm³/mol. The van der Waals surface area contributed by atoms with Gasteiger partial charge >= 0.3 is 0 Å². The lowest BCUT2D eigenvalue weighted by atomic mass is 9.83. The van der Waals surface area contributed by atoms with Crippen LogP contribution in [-0.4, -0.2) is 20.1 Å². The number of benzene rings is 2. The molecule has 1 aliphatic heterocycles. The van der Waals surface area contributed by atoms with E-state index in [0.717, 1.165) is 66.6 Å². The molecule has 0 spiro atoms. The second-order valence-corrected chi connectivity index (χ2v) is 11.5. The minimum atomic E-state index is -3.54. The first-order valence-electron chi connectivity index (χ1n) is 12.4. The highest BCUT2D eigenvalue weighted by Crippen LogP contribution is 2.50. The Bertz CT molecular complexity index is 1200. The normalized spacial score (nSPS) is 20.1. The molecule has 0 saturated heterocycles. The third kappa shape index (κ3) is 5.33. The van der Waals surface area contributed by atoms with Crippen molar-refractivity contribution in [3.63, 3.8) is 0 Å². The maximum absolute atomic E-state index is 12.8. The molecule has 0 aromatic heterocycles. The van der Waals surface area contributed by atoms with Gasteiger partial charge in [0.2, 0.25) is 10.0 Å². The first-order valence-corrected chi connectivity index (χ1v) is 14.1. The summed E-state index contributed by atoms with van der Waals surface area (Å²) < 4.78 is 34.5. The van der Waals surface area contributed by atoms with Crippen molar-refractivity contribution in [2.75, 3.05) is 11.3 Å². The molecule has 6 heteroatoms. The van der Waals surface area contributed by atoms with Crippen molar-refractivity contribution in [2.45, 2.75) is 63.0 Å². The Hall–Kier alpha value is -2.73. The molecule has 180 valence electrons. The molecule has 1 fully saturated rings. The van der Waals surface area contributed by atoms with E-state index >= 15 is 0 Å². The number of allylic oxidation sites excluding steroid dienone is 2. The van der Waals surface area contributed by atoms with Crippen molar-refractivity contribution < 1.29 is 18.3 Å². The summed E-state index contributed by atoms with van der Waals surface area (Å²) in [5.74, 6) is 1.82. The quantitative estimate of drug-likeness (QED) is 0.471. The van der Waals surface area contributed by atoms with E-state index in [-0.39, 0.29) is 11.7 Å². The highest BCUT2D eigenvalue weighted by molar-refractivity contribution is 7.91. The summed E-state index contributed by atoms with van der Waals surface area (Å²) in [5, 5.41) is 11.3. The van der Waals surface area contributed by atoms with Crippen molar-refractivity contribution in [1.82, 2.24) is 0 Å². The van der Waals surface area contributed by atoms with E-state index in [1.165, 1.54) is 12.8 Å². The summed E-state index contributed by atoms with van der Waals surface area (Å²) in [6.07, 6.45) is 8.58. The van der Waals surface area contributed by atoms with Gasteiger partial charge in [-0.15, -0.1) is 0 Å². The molecular weight excluding hydrogens is 446 g/mol. The molecule has 5 nitrogen and oxygen atoms in total. The van der Waals surface area contributed by atoms with Crippen LogP contribution >= 0.6 is 0 Å². The number of hydrogen-bond acceptors (Lipinski definition) is 4. The molecule has 0 amide bonds. The van der Waals surface area contributed by atoms with E-state index in [1.54, 1.807) is 6.07 Å². The zero-order chi connectivity index (χ0) is 23.5. The van der Waals surface area contributed by atoms with Crippen molar-refractivity contribution in [3.8, 4) is 0 Å². The SMILES string of the molecule is O=S(=O)(Cc1ccccc1)Nc1cccc(C(C2=C(O)C3=C(CCCCCC3)OC2)C2CC2)c1. The molecule has 2 aromatic rings. The third-order valence-electron chi connectivity index (χ3n) is 7.10. The number of ether oxygens (including phenoxy) is 1. The van der Waals surface area contributed by atoms with Gasteiger partial charge in [-0.3, -0.25) is 4.72 Å². The molecule has 3 aliphatic rings. The van der Waals surface area contributed by atoms with Gasteiger partial charge in [0.1, 0.15) is 18.1 Å². The van der Waals surface area contributed by atoms with Crippen LogP contribution in [0.2, 0.25) is 0 Å². The number of rotatable bonds is 7. The van der Waals surface area contributed by atoms with Crippen LogP contribution in [0.1, 0.15) is 68.4 Å². The second kappa shape index (κ2) is 9.87. The van der Waals surface area contributed by atoms with Gasteiger partial charge < -0.3 is 9.84 Å². The monoisotopic (exact) mass is 479 g/mol. The standard InChI is InChI=1S/C28H33NO4S/c30-28-24-13-6-1-2-7-14-26(24)33-18-25(28)27(21-15-16-21)22-11-8-12-23(17-22)29-34(31,32)19-20-9-4-3-5-10-20/h3-5,8-12,17,21,27,29-30H,1-2,6-7,13-16,18-19H2. The van der Waals surface area contributed by atoms with Crippen LogP contribution in [0.25, 0.3) is 0 Å². The second-order valence-electron chi connectivity index (χ2n) is 9.77. The number of aliphatic hydroxyl groups excluding tert-OH is 1. The number of sulfonamides is 1. The van der Waals surface area contributed by atoms with Crippen LogP contribution < -0.4 is 4.72 Å². The summed E-state index contributed by atoms with van der Waals surface area (Å²) in [6.45, 7) is 0.412. The average Bonchev–Trinajstić information content (AvgIpc) is 3.62. The molecule has 2 aromatic carbocycles. The van der Waals surface area contributed by atoms with Gasteiger partial charge in [0.15, 0.2) is 0 Å². The highest BCUT2D eigenvalue weighted by atomic mass is 32.2. The predicted octanol–water partition coefficient (Wildman–Crippen LogP) is 6.57. The maximum atomic E-state index is 12.8. The van der Waals surface area contributed by atoms with Gasteiger partial charge in [0.05, 0.1) is 5.75 Å². The van der Waals surface area contributed by atoms with Crippen molar-refractivity contribution in [1.29, 1.82) is 0 Å². The maximum Gasteiger partial charge on any atom is 0.236 e. The summed E-state index contributed by atoms with van der Waals surface area (Å²) in [4.78, 5) is 0. The Morgan fingerprint density at radius 2 is 1.74 bits per heavy atom. The number of hydrogen-bond donors (Lipinski definition) is 2. The molecule has 2 N–H and O–H groups in total. The van der Waals surface area contributed by atoms with Crippen molar-refractivity contribution in [2.24, 2.45) is 5.92 Å². The van der Waals surface area contributed by atoms with E-state index < -0.39 is 10.0 Å². The van der Waals surface area contributed by atoms with Gasteiger partial charge in [-0.05, 0) is 61.3 Å². The molecule has 2 aliphatic carbocycles. The molecule has 1 unspecified atom stereocenters. The lowest BCUT2D eigenvalue weighted by molar-refractivity contribution is 0.190. The Morgan fingerprint density at radius 1 is 0.971 bits per heavy atom. The summed E-state index contributed by atoms with van der Waals surface area (Å²) >= 11 is 0. The third-order valence-corrected chi connectivity index (χ3v) is 8.36. The Balaban J connectivity index is 1.41. The van der Waals surface area contributed by atoms with E-state index in [9.17, 15) is 13.5 Å². The molecule has 34 heavy (non-hydrogen) atoms. The van der Waals surface area contributed by atoms with E-state index in [2.05, 4.69) is 4.72 Å². The van der Waals surface area contributed by atoms with Gasteiger partial charge in [0, 0.05) is 29.2 Å². The van der Waals surface area contributed by atoms with Crippen molar-refractivity contribution >= 4 is 15.7 Å². The summed E-state index contributed by atoms with van der Waals surface area (Å²) in [7, 11) is -3.54. The van der Waals surface area contributed by atoms with Crippen molar-refractivity contribution in [3.05, 3.63) is 88.4 Å². The lowest BCUT2D eigenvalue weighted by Gasteiger charge is -2.30. The van der Waals surface area contributed by atoms with E-state index in [1.807, 2.05) is 48.5 Å². The number of anilines is 1. The van der Waals surface area contributed by atoms with Crippen LogP contribution in [0.5, 0.6) is 0 Å². The molecule has 1 atom stereocenters. The first-order chi connectivity index (χ1) is 16.5. The Labute approximate surface area is 202 Å². The summed E-state index contributed by atoms with van der Waals surface area (Å²) in [5.41, 5.74) is 4.28. The van der Waals surface area contributed by atoms with Gasteiger partial charge in [-0.2, -0.15) is 0 Å². The van der Waals surface area contributed by atoms with Crippen LogP contribution in [-0.2, 0) is 20.5 Å². The van der Waals surface area contributed by atoms with Gasteiger partial charge in [-0.25, -0.2) is 8.42 Å². The minimum Gasteiger partial charge on any atom is -0.507 e. The fourth-order valence-electron chi connectivity index (χ4n) is 5.30. The molecule has 1 heterocycles. The van der Waals surface area contributed by atoms with Gasteiger partial charge in [-0.1, -0.05) is 55.3 Å². The van der Waals surface area contributed by atoms with Crippen LogP contribution in [0, 0.1) is 5.92 Å².